The third-order valence-electron chi connectivity index (χ3n) is 2.52. The van der Waals surface area contributed by atoms with Crippen molar-refractivity contribution in [3.63, 3.8) is 0 Å². The summed E-state index contributed by atoms with van der Waals surface area (Å²) in [4.78, 5) is 12.2. The molecule has 0 saturated carbocycles. The number of ketones is 1. The number of nitrogens with zero attached hydrogens (tertiary/aromatic N) is 2. The van der Waals surface area contributed by atoms with Gasteiger partial charge in [0.1, 0.15) is 0 Å². The molecule has 0 saturated heterocycles. The van der Waals surface area contributed by atoms with Crippen molar-refractivity contribution < 1.29 is 4.79 Å². The van der Waals surface area contributed by atoms with E-state index >= 15 is 0 Å². The Morgan fingerprint density at radius 3 is 2.62 bits per heavy atom. The van der Waals surface area contributed by atoms with Crippen LogP contribution in [0.3, 0.4) is 0 Å². The molecule has 2 aromatic rings. The van der Waals surface area contributed by atoms with Crippen molar-refractivity contribution in [2.75, 3.05) is 0 Å². The van der Waals surface area contributed by atoms with Crippen molar-refractivity contribution in [3.05, 3.63) is 53.3 Å². The maximum Gasteiger partial charge on any atom is 0.196 e. The molecule has 0 unspecified atom stereocenters. The highest BCUT2D eigenvalue weighted by Gasteiger charge is 2.15. The van der Waals surface area contributed by atoms with E-state index in [4.69, 9.17) is 0 Å². The largest absolute Gasteiger partial charge is 0.288 e. The first-order valence-corrected chi connectivity index (χ1v) is 5.34. The smallest absolute Gasteiger partial charge is 0.196 e. The van der Waals surface area contributed by atoms with Crippen LogP contribution in [0.15, 0.2) is 36.5 Å². The Hall–Kier alpha value is -1.90. The highest BCUT2D eigenvalue weighted by Crippen LogP contribution is 2.13. The van der Waals surface area contributed by atoms with Crippen molar-refractivity contribution in [1.29, 1.82) is 0 Å². The van der Waals surface area contributed by atoms with Crippen LogP contribution >= 0.6 is 0 Å². The fraction of sp³-hybridized carbons (Fsp3) is 0.231. The van der Waals surface area contributed by atoms with E-state index in [2.05, 4.69) is 5.10 Å². The second kappa shape index (κ2) is 4.31. The average molecular weight is 214 g/mol. The molecule has 1 aromatic heterocycles. The van der Waals surface area contributed by atoms with Crippen molar-refractivity contribution in [3.8, 4) is 0 Å². The van der Waals surface area contributed by atoms with Crippen LogP contribution in [0.2, 0.25) is 0 Å². The van der Waals surface area contributed by atoms with Gasteiger partial charge in [0.05, 0.1) is 11.3 Å². The monoisotopic (exact) mass is 214 g/mol. The molecule has 0 fully saturated rings. The minimum atomic E-state index is 0.0468. The molecule has 1 heterocycles. The van der Waals surface area contributed by atoms with E-state index in [0.29, 0.717) is 11.1 Å². The topological polar surface area (TPSA) is 34.9 Å². The number of carbonyl (C=O) groups is 1. The predicted molar refractivity (Wildman–Crippen MR) is 62.5 cm³/mol. The number of aryl methyl sites for hydroxylation is 2. The van der Waals surface area contributed by atoms with Gasteiger partial charge in [0.15, 0.2) is 5.78 Å². The molecule has 3 heteroatoms. The van der Waals surface area contributed by atoms with E-state index in [-0.39, 0.29) is 5.78 Å². The van der Waals surface area contributed by atoms with Gasteiger partial charge in [-0.1, -0.05) is 37.3 Å². The summed E-state index contributed by atoms with van der Waals surface area (Å²) in [6.07, 6.45) is 2.56. The first-order valence-electron chi connectivity index (χ1n) is 5.34. The summed E-state index contributed by atoms with van der Waals surface area (Å²) >= 11 is 0. The number of rotatable bonds is 3. The SMILES string of the molecule is CCc1nn(C)cc1C(=O)c1ccccc1. The van der Waals surface area contributed by atoms with Crippen LogP contribution in [-0.4, -0.2) is 15.6 Å². The summed E-state index contributed by atoms with van der Waals surface area (Å²) in [5.74, 6) is 0.0468. The summed E-state index contributed by atoms with van der Waals surface area (Å²) in [5, 5.41) is 4.27. The molecular weight excluding hydrogens is 200 g/mol. The van der Waals surface area contributed by atoms with Crippen LogP contribution < -0.4 is 0 Å². The van der Waals surface area contributed by atoms with Crippen molar-refractivity contribution in [2.45, 2.75) is 13.3 Å². The van der Waals surface area contributed by atoms with Crippen LogP contribution in [-0.2, 0) is 13.5 Å². The maximum atomic E-state index is 12.2. The average Bonchev–Trinajstić information content (AvgIpc) is 2.70. The lowest BCUT2D eigenvalue weighted by molar-refractivity contribution is 0.103. The summed E-state index contributed by atoms with van der Waals surface area (Å²) in [5.41, 5.74) is 2.28. The van der Waals surface area contributed by atoms with Gasteiger partial charge in [-0.3, -0.25) is 9.48 Å². The molecule has 82 valence electrons. The van der Waals surface area contributed by atoms with Crippen LogP contribution in [0, 0.1) is 0 Å². The second-order valence-corrected chi connectivity index (χ2v) is 3.71. The van der Waals surface area contributed by atoms with Gasteiger partial charge in [-0.05, 0) is 6.42 Å². The standard InChI is InChI=1S/C13H14N2O/c1-3-12-11(9-15(2)14-12)13(16)10-7-5-4-6-8-10/h4-9H,3H2,1-2H3. The first-order chi connectivity index (χ1) is 7.72. The van der Waals surface area contributed by atoms with Crippen LogP contribution in [0.4, 0.5) is 0 Å². The van der Waals surface area contributed by atoms with Crippen LogP contribution in [0.25, 0.3) is 0 Å². The fourth-order valence-corrected chi connectivity index (χ4v) is 1.73. The van der Waals surface area contributed by atoms with E-state index in [1.54, 1.807) is 10.9 Å². The van der Waals surface area contributed by atoms with Crippen LogP contribution in [0.5, 0.6) is 0 Å². The third kappa shape index (κ3) is 1.89. The Morgan fingerprint density at radius 2 is 2.00 bits per heavy atom. The molecular formula is C13H14N2O. The highest BCUT2D eigenvalue weighted by molar-refractivity contribution is 6.09. The van der Waals surface area contributed by atoms with Gasteiger partial charge in [-0.15, -0.1) is 0 Å². The second-order valence-electron chi connectivity index (χ2n) is 3.71. The van der Waals surface area contributed by atoms with Crippen LogP contribution in [0.1, 0.15) is 28.5 Å². The molecule has 0 bridgehead atoms. The van der Waals surface area contributed by atoms with Gasteiger partial charge in [0.2, 0.25) is 0 Å². The lowest BCUT2D eigenvalue weighted by atomic mass is 10.0. The number of hydrogen-bond acceptors (Lipinski definition) is 2. The minimum Gasteiger partial charge on any atom is -0.288 e. The molecule has 0 aliphatic heterocycles. The summed E-state index contributed by atoms with van der Waals surface area (Å²) in [7, 11) is 1.83. The normalized spacial score (nSPS) is 10.4. The minimum absolute atomic E-state index is 0.0468. The molecule has 0 amide bonds. The predicted octanol–water partition coefficient (Wildman–Crippen LogP) is 2.21. The van der Waals surface area contributed by atoms with Crippen molar-refractivity contribution in [2.24, 2.45) is 7.05 Å². The molecule has 0 aliphatic rings. The summed E-state index contributed by atoms with van der Waals surface area (Å²) < 4.78 is 1.69. The summed E-state index contributed by atoms with van der Waals surface area (Å²) in [6.45, 7) is 2.00. The summed E-state index contributed by atoms with van der Waals surface area (Å²) in [6, 6.07) is 9.30. The number of carbonyl (C=O) groups excluding carboxylic acids is 1. The molecule has 2 rings (SSSR count). The maximum absolute atomic E-state index is 12.2. The van der Waals surface area contributed by atoms with E-state index in [0.717, 1.165) is 12.1 Å². The molecule has 3 nitrogen and oxygen atoms in total. The lowest BCUT2D eigenvalue weighted by Crippen LogP contribution is -2.02. The number of benzene rings is 1. The Labute approximate surface area is 94.7 Å². The van der Waals surface area contributed by atoms with Gasteiger partial charge in [-0.2, -0.15) is 5.10 Å². The zero-order valence-electron chi connectivity index (χ0n) is 9.47. The molecule has 0 atom stereocenters. The Bertz CT molecular complexity index is 500. The van der Waals surface area contributed by atoms with Crippen molar-refractivity contribution >= 4 is 5.78 Å². The van der Waals surface area contributed by atoms with Gasteiger partial charge < -0.3 is 0 Å². The van der Waals surface area contributed by atoms with Crippen molar-refractivity contribution in [1.82, 2.24) is 9.78 Å². The molecule has 0 N–H and O–H groups in total. The zero-order valence-corrected chi connectivity index (χ0v) is 9.47. The molecule has 0 aliphatic carbocycles. The van der Waals surface area contributed by atoms with Gasteiger partial charge in [-0.25, -0.2) is 0 Å². The fourth-order valence-electron chi connectivity index (χ4n) is 1.73. The highest BCUT2D eigenvalue weighted by atomic mass is 16.1. The van der Waals surface area contributed by atoms with E-state index in [1.807, 2.05) is 44.3 Å². The Morgan fingerprint density at radius 1 is 1.31 bits per heavy atom. The zero-order chi connectivity index (χ0) is 11.5. The Balaban J connectivity index is 2.41. The first kappa shape index (κ1) is 10.6. The molecule has 1 aromatic carbocycles. The number of aromatic nitrogens is 2. The van der Waals surface area contributed by atoms with Gasteiger partial charge in [0.25, 0.3) is 0 Å². The van der Waals surface area contributed by atoms with E-state index in [9.17, 15) is 4.79 Å². The van der Waals surface area contributed by atoms with E-state index in [1.165, 1.54) is 0 Å². The molecule has 0 spiro atoms. The number of hydrogen-bond donors (Lipinski definition) is 0. The quantitative estimate of drug-likeness (QED) is 0.734. The van der Waals surface area contributed by atoms with Gasteiger partial charge in [0, 0.05) is 18.8 Å². The van der Waals surface area contributed by atoms with E-state index < -0.39 is 0 Å². The third-order valence-corrected chi connectivity index (χ3v) is 2.52. The lowest BCUT2D eigenvalue weighted by Gasteiger charge is -1.99. The molecule has 16 heavy (non-hydrogen) atoms. The molecule has 0 radical (unpaired) electrons. The van der Waals surface area contributed by atoms with Gasteiger partial charge >= 0.3 is 0 Å². The Kier molecular flexibility index (Phi) is 2.86.